The van der Waals surface area contributed by atoms with Crippen LogP contribution in [0.5, 0.6) is 0 Å². The number of nitrogens with zero attached hydrogens (tertiary/aromatic N) is 1. The van der Waals surface area contributed by atoms with Crippen molar-refractivity contribution in [2.24, 2.45) is 0 Å². The quantitative estimate of drug-likeness (QED) is 0.765. The second-order valence-corrected chi connectivity index (χ2v) is 6.02. The van der Waals surface area contributed by atoms with Crippen LogP contribution in [0.25, 0.3) is 11.3 Å². The van der Waals surface area contributed by atoms with Crippen molar-refractivity contribution in [3.63, 3.8) is 0 Å². The van der Waals surface area contributed by atoms with Crippen LogP contribution < -0.4 is 5.32 Å². The first-order valence-corrected chi connectivity index (χ1v) is 7.93. The Hall–Kier alpha value is -2.40. The fourth-order valence-corrected chi connectivity index (χ4v) is 2.76. The van der Waals surface area contributed by atoms with Crippen molar-refractivity contribution in [1.29, 1.82) is 0 Å². The number of amides is 1. The highest BCUT2D eigenvalue weighted by Crippen LogP contribution is 2.23. The third-order valence-electron chi connectivity index (χ3n) is 3.26. The van der Waals surface area contributed by atoms with E-state index in [0.29, 0.717) is 12.8 Å². The van der Waals surface area contributed by atoms with Gasteiger partial charge < -0.3 is 9.73 Å². The number of aromatic nitrogens is 1. The Morgan fingerprint density at radius 1 is 1.27 bits per heavy atom. The van der Waals surface area contributed by atoms with Gasteiger partial charge in [0.1, 0.15) is 5.76 Å². The molecular formula is C17H16N2O2S. The van der Waals surface area contributed by atoms with E-state index >= 15 is 0 Å². The van der Waals surface area contributed by atoms with Gasteiger partial charge >= 0.3 is 0 Å². The molecule has 0 unspecified atom stereocenters. The molecule has 0 fully saturated rings. The van der Waals surface area contributed by atoms with Crippen molar-refractivity contribution >= 4 is 22.9 Å². The first-order valence-electron chi connectivity index (χ1n) is 7.05. The van der Waals surface area contributed by atoms with Crippen LogP contribution in [0.3, 0.4) is 0 Å². The Kier molecular flexibility index (Phi) is 4.34. The molecule has 1 aromatic carbocycles. The normalized spacial score (nSPS) is 10.6. The number of rotatable bonds is 5. The Labute approximate surface area is 132 Å². The molecule has 0 saturated carbocycles. The number of anilines is 1. The summed E-state index contributed by atoms with van der Waals surface area (Å²) in [7, 11) is 0. The summed E-state index contributed by atoms with van der Waals surface area (Å²) in [5, 5.41) is 5.97. The van der Waals surface area contributed by atoms with Gasteiger partial charge in [-0.25, -0.2) is 4.98 Å². The highest BCUT2D eigenvalue weighted by atomic mass is 32.1. The third-order valence-corrected chi connectivity index (χ3v) is 4.04. The van der Waals surface area contributed by atoms with Crippen LogP contribution in [-0.2, 0) is 11.2 Å². The average molecular weight is 312 g/mol. The summed E-state index contributed by atoms with van der Waals surface area (Å²) in [5.41, 5.74) is 2.82. The van der Waals surface area contributed by atoms with Crippen molar-refractivity contribution in [2.75, 3.05) is 5.32 Å². The maximum atomic E-state index is 11.9. The summed E-state index contributed by atoms with van der Waals surface area (Å²) in [6, 6.07) is 11.4. The molecule has 112 valence electrons. The molecular weight excluding hydrogens is 296 g/mol. The fraction of sp³-hybridized carbons (Fsp3) is 0.176. The number of carbonyl (C=O) groups excluding carboxylic acids is 1. The molecule has 0 saturated heterocycles. The number of hydrogen-bond acceptors (Lipinski definition) is 4. The van der Waals surface area contributed by atoms with E-state index in [1.165, 1.54) is 0 Å². The van der Waals surface area contributed by atoms with E-state index in [1.54, 1.807) is 17.6 Å². The SMILES string of the molecule is Cc1nc(-c2ccc(NC(=O)CCc3ccco3)cc2)cs1. The molecule has 0 aliphatic carbocycles. The molecule has 5 heteroatoms. The summed E-state index contributed by atoms with van der Waals surface area (Å²) in [4.78, 5) is 16.4. The molecule has 3 rings (SSSR count). The van der Waals surface area contributed by atoms with Crippen molar-refractivity contribution in [1.82, 2.24) is 4.98 Å². The molecule has 0 radical (unpaired) electrons. The number of furan rings is 1. The minimum absolute atomic E-state index is 0.0198. The Morgan fingerprint density at radius 2 is 2.09 bits per heavy atom. The maximum absolute atomic E-state index is 11.9. The highest BCUT2D eigenvalue weighted by Gasteiger charge is 2.06. The predicted octanol–water partition coefficient (Wildman–Crippen LogP) is 4.28. The lowest BCUT2D eigenvalue weighted by Gasteiger charge is -2.05. The molecule has 2 aromatic heterocycles. The van der Waals surface area contributed by atoms with Crippen LogP contribution in [0, 0.1) is 6.92 Å². The first-order chi connectivity index (χ1) is 10.7. The molecule has 1 amide bonds. The van der Waals surface area contributed by atoms with Crippen LogP contribution in [0.1, 0.15) is 17.2 Å². The van der Waals surface area contributed by atoms with Gasteiger partial charge in [0.2, 0.25) is 5.91 Å². The number of thiazole rings is 1. The molecule has 22 heavy (non-hydrogen) atoms. The minimum Gasteiger partial charge on any atom is -0.469 e. The molecule has 1 N–H and O–H groups in total. The predicted molar refractivity (Wildman–Crippen MR) is 87.9 cm³/mol. The van der Waals surface area contributed by atoms with Gasteiger partial charge in [-0.3, -0.25) is 4.79 Å². The lowest BCUT2D eigenvalue weighted by molar-refractivity contribution is -0.116. The first kappa shape index (κ1) is 14.5. The van der Waals surface area contributed by atoms with Gasteiger partial charge in [-0.1, -0.05) is 12.1 Å². The van der Waals surface area contributed by atoms with Crippen LogP contribution in [-0.4, -0.2) is 10.9 Å². The van der Waals surface area contributed by atoms with E-state index in [9.17, 15) is 4.79 Å². The van der Waals surface area contributed by atoms with Gasteiger partial charge in [-0.2, -0.15) is 0 Å². The van der Waals surface area contributed by atoms with Gasteiger partial charge in [-0.05, 0) is 31.2 Å². The van der Waals surface area contributed by atoms with E-state index in [1.807, 2.05) is 48.7 Å². The molecule has 0 aliphatic heterocycles. The van der Waals surface area contributed by atoms with Crippen LogP contribution in [0.4, 0.5) is 5.69 Å². The van der Waals surface area contributed by atoms with E-state index in [4.69, 9.17) is 4.42 Å². The Balaban J connectivity index is 1.57. The second-order valence-electron chi connectivity index (χ2n) is 4.96. The van der Waals surface area contributed by atoms with E-state index < -0.39 is 0 Å². The summed E-state index contributed by atoms with van der Waals surface area (Å²) in [6.07, 6.45) is 2.63. The number of aryl methyl sites for hydroxylation is 2. The third kappa shape index (κ3) is 3.62. The maximum Gasteiger partial charge on any atom is 0.224 e. The number of nitrogens with one attached hydrogen (secondary N) is 1. The van der Waals surface area contributed by atoms with E-state index in [0.717, 1.165) is 27.7 Å². The molecule has 2 heterocycles. The Bertz CT molecular complexity index is 745. The molecule has 3 aromatic rings. The van der Waals surface area contributed by atoms with E-state index in [2.05, 4.69) is 10.3 Å². The van der Waals surface area contributed by atoms with Crippen molar-refractivity contribution < 1.29 is 9.21 Å². The van der Waals surface area contributed by atoms with Crippen LogP contribution in [0.15, 0.2) is 52.5 Å². The summed E-state index contributed by atoms with van der Waals surface area (Å²) in [5.74, 6) is 0.804. The molecule has 0 aliphatic rings. The number of hydrogen-bond donors (Lipinski definition) is 1. The van der Waals surface area contributed by atoms with Crippen molar-refractivity contribution in [3.05, 3.63) is 58.8 Å². The summed E-state index contributed by atoms with van der Waals surface area (Å²) < 4.78 is 5.21. The van der Waals surface area contributed by atoms with E-state index in [-0.39, 0.29) is 5.91 Å². The summed E-state index contributed by atoms with van der Waals surface area (Å²) in [6.45, 7) is 1.99. The zero-order chi connectivity index (χ0) is 15.4. The van der Waals surface area contributed by atoms with Crippen LogP contribution in [0.2, 0.25) is 0 Å². The monoisotopic (exact) mass is 312 g/mol. The Morgan fingerprint density at radius 3 is 2.73 bits per heavy atom. The van der Waals surface area contributed by atoms with Crippen LogP contribution >= 0.6 is 11.3 Å². The zero-order valence-electron chi connectivity index (χ0n) is 12.2. The lowest BCUT2D eigenvalue weighted by atomic mass is 10.1. The zero-order valence-corrected chi connectivity index (χ0v) is 13.0. The van der Waals surface area contributed by atoms with Crippen molar-refractivity contribution in [3.8, 4) is 11.3 Å². The topological polar surface area (TPSA) is 55.1 Å². The molecule has 0 atom stereocenters. The minimum atomic E-state index is -0.0198. The largest absolute Gasteiger partial charge is 0.469 e. The standard InChI is InChI=1S/C17H16N2O2S/c1-12-18-16(11-22-12)13-4-6-14(7-5-13)19-17(20)9-8-15-3-2-10-21-15/h2-7,10-11H,8-9H2,1H3,(H,19,20). The van der Waals surface area contributed by atoms with Gasteiger partial charge in [0.05, 0.1) is 17.0 Å². The molecule has 0 bridgehead atoms. The molecule has 4 nitrogen and oxygen atoms in total. The number of benzene rings is 1. The summed E-state index contributed by atoms with van der Waals surface area (Å²) >= 11 is 1.63. The fourth-order valence-electron chi connectivity index (χ4n) is 2.14. The smallest absolute Gasteiger partial charge is 0.224 e. The molecule has 0 spiro atoms. The van der Waals surface area contributed by atoms with Gasteiger partial charge in [0, 0.05) is 29.5 Å². The van der Waals surface area contributed by atoms with Crippen molar-refractivity contribution in [2.45, 2.75) is 19.8 Å². The lowest BCUT2D eigenvalue weighted by Crippen LogP contribution is -2.12. The van der Waals surface area contributed by atoms with Gasteiger partial charge in [0.25, 0.3) is 0 Å². The average Bonchev–Trinajstić information content (AvgIpc) is 3.17. The second kappa shape index (κ2) is 6.58. The number of carbonyl (C=O) groups is 1. The highest BCUT2D eigenvalue weighted by molar-refractivity contribution is 7.09. The van der Waals surface area contributed by atoms with Gasteiger partial charge in [-0.15, -0.1) is 11.3 Å². The van der Waals surface area contributed by atoms with Gasteiger partial charge in [0.15, 0.2) is 0 Å².